The number of hydrazone groups is 1. The third kappa shape index (κ3) is 4.53. The Morgan fingerprint density at radius 3 is 2.67 bits per heavy atom. The van der Waals surface area contributed by atoms with Gasteiger partial charge in [0.1, 0.15) is 5.75 Å². The van der Waals surface area contributed by atoms with Crippen molar-refractivity contribution in [1.82, 2.24) is 5.43 Å². The first-order chi connectivity index (χ1) is 10.1. The van der Waals surface area contributed by atoms with Crippen LogP contribution in [-0.4, -0.2) is 19.2 Å². The first kappa shape index (κ1) is 16.0. The van der Waals surface area contributed by atoms with Crippen LogP contribution in [0.25, 0.3) is 0 Å². The molecule has 1 N–H and O–H groups in total. The number of nitrogens with one attached hydrogen (secondary N) is 1. The van der Waals surface area contributed by atoms with E-state index in [1.807, 2.05) is 30.3 Å². The minimum atomic E-state index is -0.280. The number of carbonyl (C=O) groups excluding carboxylic acids is 1. The van der Waals surface area contributed by atoms with E-state index in [4.69, 9.17) is 4.74 Å². The fraction of sp³-hybridized carbons (Fsp3) is 0.0667. The summed E-state index contributed by atoms with van der Waals surface area (Å²) in [4.78, 5) is 12.0. The Balaban J connectivity index is 2.03. The predicted octanol–water partition coefficient (Wildman–Crippen LogP) is 3.83. The molecule has 0 unspecified atom stereocenters. The van der Waals surface area contributed by atoms with Crippen LogP contribution in [0.2, 0.25) is 0 Å². The van der Waals surface area contributed by atoms with E-state index in [9.17, 15) is 4.79 Å². The van der Waals surface area contributed by atoms with Crippen molar-refractivity contribution in [2.45, 2.75) is 0 Å². The number of benzene rings is 2. The third-order valence-electron chi connectivity index (χ3n) is 2.66. The molecule has 0 saturated carbocycles. The van der Waals surface area contributed by atoms with Crippen LogP contribution in [0.3, 0.4) is 0 Å². The zero-order chi connectivity index (χ0) is 15.2. The summed E-state index contributed by atoms with van der Waals surface area (Å²) in [6.07, 6.45) is 1.59. The fourth-order valence-corrected chi connectivity index (χ4v) is 2.40. The molecular weight excluding hydrogens is 447 g/mol. The highest BCUT2D eigenvalue weighted by Crippen LogP contribution is 2.21. The minimum absolute atomic E-state index is 0.280. The molecular formula is C15H12BrIN2O2. The molecule has 21 heavy (non-hydrogen) atoms. The predicted molar refractivity (Wildman–Crippen MR) is 94.9 cm³/mol. The van der Waals surface area contributed by atoms with Gasteiger partial charge in [-0.2, -0.15) is 5.10 Å². The Morgan fingerprint density at radius 2 is 2.00 bits per heavy atom. The number of rotatable bonds is 4. The number of hydrogen-bond donors (Lipinski definition) is 1. The first-order valence-corrected chi connectivity index (χ1v) is 7.90. The highest BCUT2D eigenvalue weighted by atomic mass is 127. The van der Waals surface area contributed by atoms with Crippen molar-refractivity contribution >= 4 is 50.6 Å². The van der Waals surface area contributed by atoms with Crippen molar-refractivity contribution in [3.05, 3.63) is 61.6 Å². The Bertz CT molecular complexity index is 672. The molecule has 108 valence electrons. The van der Waals surface area contributed by atoms with Gasteiger partial charge in [0.05, 0.1) is 16.9 Å². The topological polar surface area (TPSA) is 50.7 Å². The second-order valence-corrected chi connectivity index (χ2v) is 6.18. The van der Waals surface area contributed by atoms with Gasteiger partial charge in [-0.25, -0.2) is 5.43 Å². The van der Waals surface area contributed by atoms with Crippen LogP contribution >= 0.6 is 38.5 Å². The van der Waals surface area contributed by atoms with E-state index >= 15 is 0 Å². The molecule has 0 fully saturated rings. The largest absolute Gasteiger partial charge is 0.496 e. The van der Waals surface area contributed by atoms with E-state index in [2.05, 4.69) is 49.0 Å². The lowest BCUT2D eigenvalue weighted by molar-refractivity contribution is 0.0955. The van der Waals surface area contributed by atoms with Crippen LogP contribution in [0.15, 0.2) is 52.0 Å². The summed E-state index contributed by atoms with van der Waals surface area (Å²) >= 11 is 5.51. The van der Waals surface area contributed by atoms with Gasteiger partial charge < -0.3 is 4.74 Å². The van der Waals surface area contributed by atoms with Gasteiger partial charge in [-0.3, -0.25) is 4.79 Å². The maximum atomic E-state index is 12.0. The molecule has 2 rings (SSSR count). The summed E-state index contributed by atoms with van der Waals surface area (Å²) in [5.74, 6) is 0.387. The maximum Gasteiger partial charge on any atom is 0.271 e. The molecule has 0 aromatic heterocycles. The van der Waals surface area contributed by atoms with Crippen LogP contribution in [0, 0.1) is 3.57 Å². The monoisotopic (exact) mass is 458 g/mol. The zero-order valence-corrected chi connectivity index (χ0v) is 14.9. The minimum Gasteiger partial charge on any atom is -0.496 e. The quantitative estimate of drug-likeness (QED) is 0.430. The molecule has 2 aromatic rings. The molecule has 0 atom stereocenters. The Kier molecular flexibility index (Phi) is 5.75. The summed E-state index contributed by atoms with van der Waals surface area (Å²) in [6, 6.07) is 12.9. The molecule has 0 bridgehead atoms. The fourth-order valence-electron chi connectivity index (χ4n) is 1.58. The number of carbonyl (C=O) groups is 1. The summed E-state index contributed by atoms with van der Waals surface area (Å²) in [7, 11) is 1.57. The molecule has 0 heterocycles. The molecule has 1 amide bonds. The van der Waals surface area contributed by atoms with Gasteiger partial charge in [-0.15, -0.1) is 0 Å². The number of nitrogens with zero attached hydrogens (tertiary/aromatic N) is 1. The van der Waals surface area contributed by atoms with Crippen LogP contribution in [0.4, 0.5) is 0 Å². The number of methoxy groups -OCH3 is 1. The van der Waals surface area contributed by atoms with Crippen LogP contribution in [-0.2, 0) is 0 Å². The van der Waals surface area contributed by atoms with E-state index in [1.165, 1.54) is 0 Å². The Hall–Kier alpha value is -1.41. The van der Waals surface area contributed by atoms with Gasteiger partial charge in [-0.05, 0) is 58.5 Å². The molecule has 0 radical (unpaired) electrons. The molecule has 0 saturated heterocycles. The first-order valence-electron chi connectivity index (χ1n) is 6.02. The second kappa shape index (κ2) is 7.56. The van der Waals surface area contributed by atoms with Gasteiger partial charge in [0, 0.05) is 10.0 Å². The molecule has 2 aromatic carbocycles. The molecule has 0 aliphatic carbocycles. The summed E-state index contributed by atoms with van der Waals surface area (Å²) in [5.41, 5.74) is 3.90. The third-order valence-corrected chi connectivity index (χ3v) is 4.08. The zero-order valence-electron chi connectivity index (χ0n) is 11.1. The average molecular weight is 459 g/mol. The van der Waals surface area contributed by atoms with E-state index in [-0.39, 0.29) is 5.91 Å². The van der Waals surface area contributed by atoms with Gasteiger partial charge in [0.25, 0.3) is 5.91 Å². The molecule has 6 heteroatoms. The molecule has 0 spiro atoms. The van der Waals surface area contributed by atoms with Gasteiger partial charge in [0.15, 0.2) is 0 Å². The highest BCUT2D eigenvalue weighted by molar-refractivity contribution is 14.1. The number of amides is 1. The number of hydrogen-bond acceptors (Lipinski definition) is 3. The number of ether oxygens (including phenoxy) is 1. The van der Waals surface area contributed by atoms with Crippen LogP contribution < -0.4 is 10.2 Å². The summed E-state index contributed by atoms with van der Waals surface area (Å²) in [6.45, 7) is 0. The average Bonchev–Trinajstić information content (AvgIpc) is 2.49. The van der Waals surface area contributed by atoms with Gasteiger partial charge in [-0.1, -0.05) is 28.1 Å². The number of halogens is 2. The summed E-state index contributed by atoms with van der Waals surface area (Å²) in [5, 5.41) is 3.94. The van der Waals surface area contributed by atoms with Gasteiger partial charge in [0.2, 0.25) is 0 Å². The van der Waals surface area contributed by atoms with Crippen LogP contribution in [0.1, 0.15) is 15.9 Å². The highest BCUT2D eigenvalue weighted by Gasteiger charge is 2.08. The van der Waals surface area contributed by atoms with Crippen LogP contribution in [0.5, 0.6) is 5.75 Å². The molecule has 4 nitrogen and oxygen atoms in total. The standard InChI is InChI=1S/C15H12BrIN2O2/c1-21-14-8-11(4-7-13(14)17)15(20)19-18-9-10-2-5-12(16)6-3-10/h2-9H,1H3,(H,19,20)/b18-9-. The lowest BCUT2D eigenvalue weighted by Gasteiger charge is -2.05. The van der Waals surface area contributed by atoms with Crippen molar-refractivity contribution in [2.75, 3.05) is 7.11 Å². The smallest absolute Gasteiger partial charge is 0.271 e. The van der Waals surface area contributed by atoms with E-state index in [0.717, 1.165) is 13.6 Å². The second-order valence-electron chi connectivity index (χ2n) is 4.10. The Morgan fingerprint density at radius 1 is 1.29 bits per heavy atom. The lowest BCUT2D eigenvalue weighted by Crippen LogP contribution is -2.17. The molecule has 0 aliphatic heterocycles. The van der Waals surface area contributed by atoms with E-state index in [0.29, 0.717) is 11.3 Å². The van der Waals surface area contributed by atoms with Crippen molar-refractivity contribution < 1.29 is 9.53 Å². The van der Waals surface area contributed by atoms with Gasteiger partial charge >= 0.3 is 0 Å². The Labute approximate surface area is 144 Å². The normalized spacial score (nSPS) is 10.6. The van der Waals surface area contributed by atoms with Crippen molar-refractivity contribution in [2.24, 2.45) is 5.10 Å². The maximum absolute atomic E-state index is 12.0. The van der Waals surface area contributed by atoms with Crippen molar-refractivity contribution in [1.29, 1.82) is 0 Å². The van der Waals surface area contributed by atoms with Crippen molar-refractivity contribution in [3.63, 3.8) is 0 Å². The van der Waals surface area contributed by atoms with E-state index in [1.54, 1.807) is 25.5 Å². The molecule has 0 aliphatic rings. The van der Waals surface area contributed by atoms with E-state index < -0.39 is 0 Å². The van der Waals surface area contributed by atoms with Crippen molar-refractivity contribution in [3.8, 4) is 5.75 Å². The summed E-state index contributed by atoms with van der Waals surface area (Å²) < 4.78 is 7.13. The lowest BCUT2D eigenvalue weighted by atomic mass is 10.2. The SMILES string of the molecule is COc1cc(C(=O)N/N=C\c2ccc(Br)cc2)ccc1I.